The van der Waals surface area contributed by atoms with Crippen molar-refractivity contribution in [3.63, 3.8) is 0 Å². The molecule has 3 aromatic rings. The third kappa shape index (κ3) is 2.94. The van der Waals surface area contributed by atoms with Gasteiger partial charge in [-0.25, -0.2) is 4.39 Å². The van der Waals surface area contributed by atoms with E-state index in [1.165, 1.54) is 6.07 Å². The number of ether oxygens (including phenoxy) is 1. The van der Waals surface area contributed by atoms with Crippen molar-refractivity contribution < 1.29 is 18.3 Å². The smallest absolute Gasteiger partial charge is 0.258 e. The van der Waals surface area contributed by atoms with Gasteiger partial charge in [-0.15, -0.1) is 0 Å². The predicted molar refractivity (Wildman–Crippen MR) is 96.8 cm³/mol. The predicted octanol–water partition coefficient (Wildman–Crippen LogP) is 4.69. The lowest BCUT2D eigenvalue weighted by Crippen LogP contribution is -2.33. The number of aryl methyl sites for hydroxylation is 1. The molecule has 26 heavy (non-hydrogen) atoms. The van der Waals surface area contributed by atoms with Crippen LogP contribution in [0.5, 0.6) is 5.75 Å². The van der Waals surface area contributed by atoms with Gasteiger partial charge in [-0.3, -0.25) is 4.79 Å². The highest BCUT2D eigenvalue weighted by molar-refractivity contribution is 6.07. The minimum Gasteiger partial charge on any atom is -0.497 e. The van der Waals surface area contributed by atoms with E-state index in [1.807, 2.05) is 6.07 Å². The first kappa shape index (κ1) is 16.6. The van der Waals surface area contributed by atoms with Gasteiger partial charge < -0.3 is 14.1 Å². The largest absolute Gasteiger partial charge is 0.497 e. The van der Waals surface area contributed by atoms with Crippen LogP contribution in [0.3, 0.4) is 0 Å². The molecule has 0 spiro atoms. The van der Waals surface area contributed by atoms with E-state index in [2.05, 4.69) is 0 Å². The normalized spacial score (nSPS) is 13.8. The van der Waals surface area contributed by atoms with Crippen LogP contribution in [0.1, 0.15) is 34.5 Å². The number of hydrogen-bond donors (Lipinski definition) is 0. The van der Waals surface area contributed by atoms with Gasteiger partial charge in [-0.05, 0) is 44.0 Å². The van der Waals surface area contributed by atoms with Crippen LogP contribution < -0.4 is 4.74 Å². The fraction of sp³-hybridized carbons (Fsp3) is 0.286. The van der Waals surface area contributed by atoms with Crippen molar-refractivity contribution in [3.05, 3.63) is 65.2 Å². The maximum Gasteiger partial charge on any atom is 0.258 e. The van der Waals surface area contributed by atoms with Crippen LogP contribution in [0, 0.1) is 12.7 Å². The van der Waals surface area contributed by atoms with Crippen LogP contribution >= 0.6 is 0 Å². The molecule has 0 N–H and O–H groups in total. The zero-order chi connectivity index (χ0) is 18.3. The lowest BCUT2D eigenvalue weighted by atomic mass is 10.1. The number of halogens is 1. The summed E-state index contributed by atoms with van der Waals surface area (Å²) in [6.07, 6.45) is 1.89. The number of rotatable bonds is 5. The highest BCUT2D eigenvalue weighted by atomic mass is 19.1. The molecule has 0 radical (unpaired) electrons. The number of benzene rings is 2. The van der Waals surface area contributed by atoms with Crippen molar-refractivity contribution in [1.29, 1.82) is 0 Å². The number of methoxy groups -OCH3 is 1. The number of amides is 1. The summed E-state index contributed by atoms with van der Waals surface area (Å²) < 4.78 is 25.1. The maximum absolute atomic E-state index is 14.1. The molecule has 0 aliphatic heterocycles. The van der Waals surface area contributed by atoms with E-state index in [1.54, 1.807) is 49.3 Å². The van der Waals surface area contributed by atoms with E-state index < -0.39 is 0 Å². The summed E-state index contributed by atoms with van der Waals surface area (Å²) in [5.41, 5.74) is 1.70. The summed E-state index contributed by atoms with van der Waals surface area (Å²) in [7, 11) is 1.59. The molecule has 1 aromatic heterocycles. The molecule has 1 aliphatic carbocycles. The van der Waals surface area contributed by atoms with Gasteiger partial charge >= 0.3 is 0 Å². The van der Waals surface area contributed by atoms with Crippen LogP contribution in [0.25, 0.3) is 11.0 Å². The van der Waals surface area contributed by atoms with Crippen LogP contribution in [-0.4, -0.2) is 24.0 Å². The summed E-state index contributed by atoms with van der Waals surface area (Å²) >= 11 is 0. The van der Waals surface area contributed by atoms with E-state index in [4.69, 9.17) is 9.15 Å². The molecule has 134 valence electrons. The minimum atomic E-state index is -0.290. The van der Waals surface area contributed by atoms with E-state index >= 15 is 0 Å². The van der Waals surface area contributed by atoms with Gasteiger partial charge in [-0.2, -0.15) is 0 Å². The second-order valence-electron chi connectivity index (χ2n) is 6.65. The summed E-state index contributed by atoms with van der Waals surface area (Å²) in [4.78, 5) is 15.1. The molecular weight excluding hydrogens is 333 g/mol. The number of fused-ring (bicyclic) bond motifs is 1. The summed E-state index contributed by atoms with van der Waals surface area (Å²) in [5, 5.41) is 0.728. The van der Waals surface area contributed by atoms with Crippen LogP contribution in [0.15, 0.2) is 46.9 Å². The molecule has 0 unspecified atom stereocenters. The SMILES string of the molecule is COc1ccc2oc(C)c(C(=O)N(Cc3ccccc3F)C3CC3)c2c1. The Balaban J connectivity index is 1.74. The summed E-state index contributed by atoms with van der Waals surface area (Å²) in [6.45, 7) is 2.04. The van der Waals surface area contributed by atoms with Gasteiger partial charge in [0.25, 0.3) is 5.91 Å². The van der Waals surface area contributed by atoms with E-state index in [9.17, 15) is 9.18 Å². The number of carbonyl (C=O) groups excluding carboxylic acids is 1. The van der Waals surface area contributed by atoms with E-state index in [0.717, 1.165) is 18.2 Å². The molecule has 0 saturated heterocycles. The Morgan fingerprint density at radius 2 is 2.04 bits per heavy atom. The van der Waals surface area contributed by atoms with Crippen LogP contribution in [-0.2, 0) is 6.54 Å². The van der Waals surface area contributed by atoms with Crippen LogP contribution in [0.4, 0.5) is 4.39 Å². The number of hydrogen-bond acceptors (Lipinski definition) is 3. The molecule has 2 aromatic carbocycles. The standard InChI is InChI=1S/C21H20FNO3/c1-13-20(17-11-16(25-2)9-10-19(17)26-13)21(24)23(15-7-8-15)12-14-5-3-4-6-18(14)22/h3-6,9-11,15H,7-8,12H2,1-2H3. The molecule has 1 amide bonds. The molecule has 0 bridgehead atoms. The first-order valence-corrected chi connectivity index (χ1v) is 8.70. The van der Waals surface area contributed by atoms with Crippen molar-refractivity contribution in [2.45, 2.75) is 32.4 Å². The molecule has 1 fully saturated rings. The molecule has 5 heteroatoms. The summed E-state index contributed by atoms with van der Waals surface area (Å²) in [5.74, 6) is 0.818. The molecule has 1 aliphatic rings. The Morgan fingerprint density at radius 1 is 1.27 bits per heavy atom. The Kier molecular flexibility index (Phi) is 4.15. The topological polar surface area (TPSA) is 42.7 Å². The highest BCUT2D eigenvalue weighted by Crippen LogP contribution is 2.35. The number of nitrogens with zero attached hydrogens (tertiary/aromatic N) is 1. The van der Waals surface area contributed by atoms with Crippen molar-refractivity contribution in [2.24, 2.45) is 0 Å². The summed E-state index contributed by atoms with van der Waals surface area (Å²) in [6, 6.07) is 12.2. The van der Waals surface area contributed by atoms with Crippen molar-refractivity contribution in [2.75, 3.05) is 7.11 Å². The quantitative estimate of drug-likeness (QED) is 0.668. The Bertz CT molecular complexity index is 975. The second kappa shape index (κ2) is 6.48. The van der Waals surface area contributed by atoms with Crippen molar-refractivity contribution in [1.82, 2.24) is 4.90 Å². The van der Waals surface area contributed by atoms with Gasteiger partial charge in [0.15, 0.2) is 0 Å². The van der Waals surface area contributed by atoms with Crippen LogP contribution in [0.2, 0.25) is 0 Å². The third-order valence-corrected chi connectivity index (χ3v) is 4.83. The monoisotopic (exact) mass is 353 g/mol. The highest BCUT2D eigenvalue weighted by Gasteiger charge is 2.35. The molecule has 4 nitrogen and oxygen atoms in total. The Labute approximate surface area is 151 Å². The molecule has 1 saturated carbocycles. The van der Waals surface area contributed by atoms with Crippen molar-refractivity contribution >= 4 is 16.9 Å². The second-order valence-corrected chi connectivity index (χ2v) is 6.65. The maximum atomic E-state index is 14.1. The Morgan fingerprint density at radius 3 is 2.73 bits per heavy atom. The Hall–Kier alpha value is -2.82. The first-order valence-electron chi connectivity index (χ1n) is 8.70. The van der Waals surface area contributed by atoms with Gasteiger partial charge in [0.2, 0.25) is 0 Å². The number of furan rings is 1. The van der Waals surface area contributed by atoms with Gasteiger partial charge in [-0.1, -0.05) is 18.2 Å². The van der Waals surface area contributed by atoms with Crippen molar-refractivity contribution in [3.8, 4) is 5.75 Å². The first-order chi connectivity index (χ1) is 12.6. The average molecular weight is 353 g/mol. The zero-order valence-corrected chi connectivity index (χ0v) is 14.8. The van der Waals surface area contributed by atoms with Gasteiger partial charge in [0.05, 0.1) is 12.7 Å². The lowest BCUT2D eigenvalue weighted by molar-refractivity contribution is 0.0728. The van der Waals surface area contributed by atoms with Gasteiger partial charge in [0.1, 0.15) is 22.9 Å². The minimum absolute atomic E-state index is 0.125. The third-order valence-electron chi connectivity index (χ3n) is 4.83. The van der Waals surface area contributed by atoms with Gasteiger partial charge in [0, 0.05) is 23.5 Å². The fourth-order valence-electron chi connectivity index (χ4n) is 3.30. The zero-order valence-electron chi connectivity index (χ0n) is 14.8. The van der Waals surface area contributed by atoms with E-state index in [0.29, 0.717) is 28.2 Å². The lowest BCUT2D eigenvalue weighted by Gasteiger charge is -2.23. The molecule has 1 heterocycles. The number of carbonyl (C=O) groups is 1. The average Bonchev–Trinajstić information content (AvgIpc) is 3.42. The van der Waals surface area contributed by atoms with E-state index in [-0.39, 0.29) is 24.3 Å². The molecule has 0 atom stereocenters. The molecule has 4 rings (SSSR count). The molecular formula is C21H20FNO3. The fourth-order valence-corrected chi connectivity index (χ4v) is 3.30.